The van der Waals surface area contributed by atoms with Crippen molar-refractivity contribution in [2.75, 3.05) is 20.8 Å². The summed E-state index contributed by atoms with van der Waals surface area (Å²) in [5.74, 6) is 0.444. The van der Waals surface area contributed by atoms with Crippen LogP contribution in [0.5, 0.6) is 11.5 Å². The lowest BCUT2D eigenvalue weighted by atomic mass is 9.76. The van der Waals surface area contributed by atoms with Crippen LogP contribution in [0.2, 0.25) is 0 Å². The molecule has 4 rings (SSSR count). The van der Waals surface area contributed by atoms with Gasteiger partial charge in [0.05, 0.1) is 26.7 Å². The molecule has 0 spiro atoms. The summed E-state index contributed by atoms with van der Waals surface area (Å²) in [5, 5.41) is 9.97. The quantitative estimate of drug-likeness (QED) is 0.250. The average molecular weight is 543 g/mol. The van der Waals surface area contributed by atoms with Crippen molar-refractivity contribution in [3.63, 3.8) is 0 Å². The second-order valence-electron chi connectivity index (χ2n) is 9.51. The number of ether oxygens (including phenoxy) is 3. The van der Waals surface area contributed by atoms with Gasteiger partial charge in [0, 0.05) is 11.4 Å². The van der Waals surface area contributed by atoms with E-state index in [0.29, 0.717) is 24.5 Å². The molecule has 210 valence electrons. The fourth-order valence-corrected chi connectivity index (χ4v) is 4.77. The molecule has 0 fully saturated rings. The third-order valence-electron chi connectivity index (χ3n) is 6.65. The fourth-order valence-electron chi connectivity index (χ4n) is 4.77. The minimum atomic E-state index is -1.12. The van der Waals surface area contributed by atoms with Crippen molar-refractivity contribution in [2.24, 2.45) is 5.92 Å². The molecule has 1 heterocycles. The van der Waals surface area contributed by atoms with Crippen molar-refractivity contribution in [3.8, 4) is 11.5 Å². The Hall–Kier alpha value is -4.23. The van der Waals surface area contributed by atoms with Gasteiger partial charge in [-0.25, -0.2) is 9.97 Å². The van der Waals surface area contributed by atoms with Crippen molar-refractivity contribution in [2.45, 2.75) is 39.7 Å². The Morgan fingerprint density at radius 2 is 1.32 bits per heavy atom. The van der Waals surface area contributed by atoms with Gasteiger partial charge >= 0.3 is 5.97 Å². The zero-order valence-corrected chi connectivity index (χ0v) is 24.0. The summed E-state index contributed by atoms with van der Waals surface area (Å²) in [6, 6.07) is 26.8. The molecule has 40 heavy (non-hydrogen) atoms. The summed E-state index contributed by atoms with van der Waals surface area (Å²) in [7, 11) is 3.20. The van der Waals surface area contributed by atoms with E-state index < -0.39 is 17.5 Å². The minimum Gasteiger partial charge on any atom is -0.493 e. The molecule has 0 saturated heterocycles. The van der Waals surface area contributed by atoms with Gasteiger partial charge in [0.15, 0.2) is 11.5 Å². The highest BCUT2D eigenvalue weighted by molar-refractivity contribution is 5.73. The summed E-state index contributed by atoms with van der Waals surface area (Å²) in [4.78, 5) is 20.4. The van der Waals surface area contributed by atoms with Crippen LogP contribution >= 0.6 is 0 Å². The van der Waals surface area contributed by atoms with Crippen LogP contribution < -0.4 is 9.47 Å². The fraction of sp³-hybridized carbons (Fsp3) is 0.303. The number of aryl methyl sites for hydroxylation is 3. The first-order valence-electron chi connectivity index (χ1n) is 13.2. The molecule has 0 aliphatic rings. The molecular formula is C33H38N2O5. The van der Waals surface area contributed by atoms with Gasteiger partial charge in [-0.1, -0.05) is 66.7 Å². The molecule has 4 aromatic rings. The van der Waals surface area contributed by atoms with Crippen LogP contribution in [-0.2, 0) is 21.6 Å². The van der Waals surface area contributed by atoms with Gasteiger partial charge in [-0.15, -0.1) is 0 Å². The summed E-state index contributed by atoms with van der Waals surface area (Å²) in [6.07, 6.45) is 0.591. The molecule has 7 heteroatoms. The Morgan fingerprint density at radius 3 is 1.77 bits per heavy atom. The van der Waals surface area contributed by atoms with E-state index in [1.807, 2.05) is 106 Å². The van der Waals surface area contributed by atoms with E-state index in [4.69, 9.17) is 14.2 Å². The van der Waals surface area contributed by atoms with Crippen LogP contribution in [0.4, 0.5) is 0 Å². The van der Waals surface area contributed by atoms with E-state index in [2.05, 4.69) is 9.97 Å². The zero-order valence-electron chi connectivity index (χ0n) is 24.0. The van der Waals surface area contributed by atoms with Crippen molar-refractivity contribution >= 4 is 5.97 Å². The van der Waals surface area contributed by atoms with Crippen molar-refractivity contribution < 1.29 is 24.1 Å². The lowest BCUT2D eigenvalue weighted by Crippen LogP contribution is -2.42. The molecule has 1 atom stereocenters. The van der Waals surface area contributed by atoms with Gasteiger partial charge in [-0.05, 0) is 69.0 Å². The third-order valence-corrected chi connectivity index (χ3v) is 6.65. The first-order valence-corrected chi connectivity index (χ1v) is 13.2. The maximum atomic E-state index is 12.2. The average Bonchev–Trinajstić information content (AvgIpc) is 2.95. The smallest absolute Gasteiger partial charge is 0.309 e. The highest BCUT2D eigenvalue weighted by Gasteiger charge is 2.44. The SMILES string of the molecule is COc1ccc(CCOC(c2ccccc2)(c2ccccc2)[C@H](C)C(=O)O)cc1OC.Cc1cc(C)nc(C)n1. The number of benzene rings is 3. The predicted molar refractivity (Wildman–Crippen MR) is 156 cm³/mol. The van der Waals surface area contributed by atoms with Crippen LogP contribution in [0.25, 0.3) is 0 Å². The normalized spacial score (nSPS) is 11.7. The number of hydrogen-bond acceptors (Lipinski definition) is 6. The first kappa shape index (κ1) is 30.3. The molecule has 0 radical (unpaired) electrons. The maximum Gasteiger partial charge on any atom is 0.309 e. The van der Waals surface area contributed by atoms with Crippen LogP contribution in [0.3, 0.4) is 0 Å². The monoisotopic (exact) mass is 542 g/mol. The number of hydrogen-bond donors (Lipinski definition) is 1. The highest BCUT2D eigenvalue weighted by Crippen LogP contribution is 2.41. The largest absolute Gasteiger partial charge is 0.493 e. The van der Waals surface area contributed by atoms with Crippen LogP contribution in [0, 0.1) is 26.7 Å². The Balaban J connectivity index is 0.000000415. The standard InChI is InChI=1S/C26H28O5.C7H10N2/c1-19(25(27)28)26(21-10-6-4-7-11-21,22-12-8-5-9-13-22)31-17-16-20-14-15-23(29-2)24(18-20)30-3;1-5-4-6(2)9-7(3)8-5/h4-15,18-19H,16-17H2,1-3H3,(H,27,28);4H,1-3H3/t19-;/m1./s1. The molecule has 0 amide bonds. The van der Waals surface area contributed by atoms with Crippen molar-refractivity contribution in [1.82, 2.24) is 9.97 Å². The van der Waals surface area contributed by atoms with E-state index in [-0.39, 0.29) is 0 Å². The summed E-state index contributed by atoms with van der Waals surface area (Å²) in [6.45, 7) is 7.87. The van der Waals surface area contributed by atoms with Crippen LogP contribution in [0.1, 0.15) is 40.8 Å². The maximum absolute atomic E-state index is 12.2. The number of methoxy groups -OCH3 is 2. The van der Waals surface area contributed by atoms with Crippen LogP contribution in [-0.4, -0.2) is 41.9 Å². The van der Waals surface area contributed by atoms with E-state index in [9.17, 15) is 9.90 Å². The number of carbonyl (C=O) groups is 1. The third kappa shape index (κ3) is 7.45. The molecule has 0 bridgehead atoms. The second kappa shape index (κ2) is 14.2. The number of aromatic nitrogens is 2. The number of rotatable bonds is 10. The lowest BCUT2D eigenvalue weighted by molar-refractivity contribution is -0.153. The van der Waals surface area contributed by atoms with Crippen molar-refractivity contribution in [3.05, 3.63) is 119 Å². The molecule has 0 aliphatic carbocycles. The molecule has 0 aliphatic heterocycles. The van der Waals surface area contributed by atoms with E-state index >= 15 is 0 Å². The highest BCUT2D eigenvalue weighted by atomic mass is 16.5. The second-order valence-corrected chi connectivity index (χ2v) is 9.51. The Labute approximate surface area is 236 Å². The zero-order chi connectivity index (χ0) is 29.1. The van der Waals surface area contributed by atoms with E-state index in [1.54, 1.807) is 21.1 Å². The molecule has 3 aromatic carbocycles. The molecular weight excluding hydrogens is 504 g/mol. The molecule has 0 unspecified atom stereocenters. The summed E-state index contributed by atoms with van der Waals surface area (Å²) >= 11 is 0. The van der Waals surface area contributed by atoms with Crippen LogP contribution in [0.15, 0.2) is 84.9 Å². The minimum absolute atomic E-state index is 0.330. The summed E-state index contributed by atoms with van der Waals surface area (Å²) < 4.78 is 17.2. The number of carboxylic acids is 1. The molecule has 7 nitrogen and oxygen atoms in total. The Kier molecular flexibility index (Phi) is 10.8. The first-order chi connectivity index (χ1) is 19.2. The van der Waals surface area contributed by atoms with Gasteiger partial charge in [-0.2, -0.15) is 0 Å². The van der Waals surface area contributed by atoms with Gasteiger partial charge in [0.1, 0.15) is 11.4 Å². The van der Waals surface area contributed by atoms with Gasteiger partial charge in [-0.3, -0.25) is 4.79 Å². The molecule has 1 aromatic heterocycles. The van der Waals surface area contributed by atoms with E-state index in [0.717, 1.165) is 33.9 Å². The van der Waals surface area contributed by atoms with Gasteiger partial charge in [0.25, 0.3) is 0 Å². The Bertz CT molecular complexity index is 1290. The lowest BCUT2D eigenvalue weighted by Gasteiger charge is -2.38. The number of nitrogens with zero attached hydrogens (tertiary/aromatic N) is 2. The van der Waals surface area contributed by atoms with E-state index in [1.165, 1.54) is 0 Å². The molecule has 0 saturated carbocycles. The number of aliphatic carboxylic acids is 1. The topological polar surface area (TPSA) is 90.8 Å². The van der Waals surface area contributed by atoms with Gasteiger partial charge in [0.2, 0.25) is 0 Å². The summed E-state index contributed by atoms with van der Waals surface area (Å²) in [5.41, 5.74) is 3.59. The van der Waals surface area contributed by atoms with Crippen molar-refractivity contribution in [1.29, 1.82) is 0 Å². The molecule has 1 N–H and O–H groups in total. The van der Waals surface area contributed by atoms with Gasteiger partial charge < -0.3 is 19.3 Å². The predicted octanol–water partition coefficient (Wildman–Crippen LogP) is 6.33. The Morgan fingerprint density at radius 1 is 0.800 bits per heavy atom. The number of carboxylic acid groups (broad SMARTS) is 1.